The quantitative estimate of drug-likeness (QED) is 0.541. The third-order valence-corrected chi connectivity index (χ3v) is 3.46. The first kappa shape index (κ1) is 14.8. The van der Waals surface area contributed by atoms with Crippen molar-refractivity contribution in [3.63, 3.8) is 0 Å². The standard InChI is InChI=1S/C11H18N2O4S/c1-2-5-17-6-3-12-11(16)13-4-7-18-8-9(13)10(14)15/h2,9H,1,3-8H2,(H,12,16)(H,14,15). The Hall–Kier alpha value is -1.21. The predicted octanol–water partition coefficient (Wildman–Crippen LogP) is 0.401. The fourth-order valence-corrected chi connectivity index (χ4v) is 2.59. The summed E-state index contributed by atoms with van der Waals surface area (Å²) in [5.74, 6) is 0.250. The normalized spacial score (nSPS) is 19.3. The maximum absolute atomic E-state index is 11.8. The van der Waals surface area contributed by atoms with Crippen LogP contribution in [0.3, 0.4) is 0 Å². The van der Waals surface area contributed by atoms with Crippen molar-refractivity contribution >= 4 is 23.8 Å². The van der Waals surface area contributed by atoms with Gasteiger partial charge < -0.3 is 20.1 Å². The van der Waals surface area contributed by atoms with Gasteiger partial charge in [-0.1, -0.05) is 6.08 Å². The lowest BCUT2D eigenvalue weighted by molar-refractivity contribution is -0.141. The number of thioether (sulfide) groups is 1. The zero-order chi connectivity index (χ0) is 13.4. The minimum absolute atomic E-state index is 0.343. The van der Waals surface area contributed by atoms with Crippen molar-refractivity contribution in [2.24, 2.45) is 0 Å². The van der Waals surface area contributed by atoms with Crippen molar-refractivity contribution in [1.82, 2.24) is 10.2 Å². The Morgan fingerprint density at radius 1 is 1.61 bits per heavy atom. The van der Waals surface area contributed by atoms with Crippen molar-refractivity contribution in [3.8, 4) is 0 Å². The van der Waals surface area contributed by atoms with Gasteiger partial charge in [0.15, 0.2) is 0 Å². The Bertz CT molecular complexity index is 311. The van der Waals surface area contributed by atoms with Crippen LogP contribution in [0.1, 0.15) is 0 Å². The highest BCUT2D eigenvalue weighted by molar-refractivity contribution is 7.99. The number of hydrogen-bond donors (Lipinski definition) is 2. The number of aliphatic carboxylic acids is 1. The molecule has 1 heterocycles. The SMILES string of the molecule is C=CCOCCNC(=O)N1CCSCC1C(=O)O. The molecule has 1 saturated heterocycles. The maximum Gasteiger partial charge on any atom is 0.327 e. The molecule has 1 fully saturated rings. The number of carboxylic acids is 1. The van der Waals surface area contributed by atoms with Gasteiger partial charge in [-0.25, -0.2) is 9.59 Å². The second kappa shape index (κ2) is 7.99. The summed E-state index contributed by atoms with van der Waals surface area (Å²) in [5, 5.41) is 11.7. The highest BCUT2D eigenvalue weighted by Crippen LogP contribution is 2.16. The highest BCUT2D eigenvalue weighted by atomic mass is 32.2. The number of hydrogen-bond acceptors (Lipinski definition) is 4. The molecule has 2 amide bonds. The lowest BCUT2D eigenvalue weighted by Crippen LogP contribution is -2.54. The molecule has 1 aliphatic heterocycles. The summed E-state index contributed by atoms with van der Waals surface area (Å²) in [7, 11) is 0. The van der Waals surface area contributed by atoms with E-state index in [2.05, 4.69) is 11.9 Å². The third-order valence-electron chi connectivity index (χ3n) is 2.43. The van der Waals surface area contributed by atoms with Crippen LogP contribution in [0.5, 0.6) is 0 Å². The van der Waals surface area contributed by atoms with E-state index in [1.165, 1.54) is 4.90 Å². The summed E-state index contributed by atoms with van der Waals surface area (Å²) in [4.78, 5) is 24.2. The van der Waals surface area contributed by atoms with Crippen LogP contribution in [0, 0.1) is 0 Å². The number of amides is 2. The van der Waals surface area contributed by atoms with E-state index >= 15 is 0 Å². The second-order valence-electron chi connectivity index (χ2n) is 3.72. The van der Waals surface area contributed by atoms with E-state index in [4.69, 9.17) is 9.84 Å². The van der Waals surface area contributed by atoms with Crippen LogP contribution in [0.15, 0.2) is 12.7 Å². The molecule has 18 heavy (non-hydrogen) atoms. The molecule has 0 aromatic heterocycles. The number of ether oxygens (including phenoxy) is 1. The summed E-state index contributed by atoms with van der Waals surface area (Å²) in [6.45, 7) is 5.16. The van der Waals surface area contributed by atoms with Gasteiger partial charge >= 0.3 is 12.0 Å². The first-order chi connectivity index (χ1) is 8.66. The smallest absolute Gasteiger partial charge is 0.327 e. The molecule has 1 atom stereocenters. The zero-order valence-electron chi connectivity index (χ0n) is 10.1. The molecule has 0 aromatic rings. The van der Waals surface area contributed by atoms with Gasteiger partial charge in [-0.2, -0.15) is 11.8 Å². The molecule has 0 aliphatic carbocycles. The number of rotatable bonds is 6. The zero-order valence-corrected chi connectivity index (χ0v) is 10.9. The monoisotopic (exact) mass is 274 g/mol. The van der Waals surface area contributed by atoms with Gasteiger partial charge in [0.05, 0.1) is 13.2 Å². The average molecular weight is 274 g/mol. The number of carbonyl (C=O) groups excluding carboxylic acids is 1. The van der Waals surface area contributed by atoms with Gasteiger partial charge in [-0.05, 0) is 0 Å². The minimum atomic E-state index is -0.958. The molecule has 2 N–H and O–H groups in total. The van der Waals surface area contributed by atoms with E-state index in [9.17, 15) is 9.59 Å². The molecule has 0 radical (unpaired) electrons. The molecule has 0 bridgehead atoms. The summed E-state index contributed by atoms with van der Waals surface area (Å²) < 4.78 is 5.12. The number of nitrogens with zero attached hydrogens (tertiary/aromatic N) is 1. The Morgan fingerprint density at radius 3 is 3.06 bits per heavy atom. The number of nitrogens with one attached hydrogen (secondary N) is 1. The largest absolute Gasteiger partial charge is 0.480 e. The molecule has 0 saturated carbocycles. The number of urea groups is 1. The van der Waals surface area contributed by atoms with Crippen LogP contribution < -0.4 is 5.32 Å². The minimum Gasteiger partial charge on any atom is -0.480 e. The summed E-state index contributed by atoms with van der Waals surface area (Å²) in [5.41, 5.74) is 0. The Labute approximate surface area is 110 Å². The van der Waals surface area contributed by atoms with Crippen molar-refractivity contribution in [1.29, 1.82) is 0 Å². The number of carbonyl (C=O) groups is 2. The van der Waals surface area contributed by atoms with Crippen LogP contribution in [0.2, 0.25) is 0 Å². The van der Waals surface area contributed by atoms with Gasteiger partial charge in [-0.3, -0.25) is 0 Å². The molecule has 1 rings (SSSR count). The van der Waals surface area contributed by atoms with E-state index in [1.807, 2.05) is 0 Å². The Morgan fingerprint density at radius 2 is 2.39 bits per heavy atom. The topological polar surface area (TPSA) is 78.9 Å². The van der Waals surface area contributed by atoms with Crippen molar-refractivity contribution in [3.05, 3.63) is 12.7 Å². The number of carboxylic acid groups (broad SMARTS) is 1. The van der Waals surface area contributed by atoms with Crippen molar-refractivity contribution in [2.75, 3.05) is 37.8 Å². The van der Waals surface area contributed by atoms with Crippen molar-refractivity contribution < 1.29 is 19.4 Å². The molecule has 0 spiro atoms. The molecule has 6 nitrogen and oxygen atoms in total. The summed E-state index contributed by atoms with van der Waals surface area (Å²) >= 11 is 1.55. The fraction of sp³-hybridized carbons (Fsp3) is 0.636. The molecular formula is C11H18N2O4S. The van der Waals surface area contributed by atoms with Crippen LogP contribution in [-0.4, -0.2) is 65.9 Å². The van der Waals surface area contributed by atoms with Gasteiger partial charge in [0.2, 0.25) is 0 Å². The molecule has 7 heteroatoms. The van der Waals surface area contributed by atoms with E-state index < -0.39 is 12.0 Å². The molecule has 1 unspecified atom stereocenters. The summed E-state index contributed by atoms with van der Waals surface area (Å²) in [6, 6.07) is -1.08. The second-order valence-corrected chi connectivity index (χ2v) is 4.87. The Balaban J connectivity index is 2.34. The van der Waals surface area contributed by atoms with Gasteiger partial charge in [0.25, 0.3) is 0 Å². The third kappa shape index (κ3) is 4.58. The van der Waals surface area contributed by atoms with Crippen LogP contribution >= 0.6 is 11.8 Å². The van der Waals surface area contributed by atoms with Gasteiger partial charge in [-0.15, -0.1) is 6.58 Å². The summed E-state index contributed by atoms with van der Waals surface area (Å²) in [6.07, 6.45) is 1.63. The molecule has 1 aliphatic rings. The lowest BCUT2D eigenvalue weighted by Gasteiger charge is -2.32. The first-order valence-corrected chi connectivity index (χ1v) is 6.86. The van der Waals surface area contributed by atoms with Gasteiger partial charge in [0.1, 0.15) is 6.04 Å². The highest BCUT2D eigenvalue weighted by Gasteiger charge is 2.32. The van der Waals surface area contributed by atoms with E-state index in [0.717, 1.165) is 5.75 Å². The fourth-order valence-electron chi connectivity index (χ4n) is 1.55. The van der Waals surface area contributed by atoms with Crippen LogP contribution in [-0.2, 0) is 9.53 Å². The van der Waals surface area contributed by atoms with Crippen LogP contribution in [0.4, 0.5) is 4.79 Å². The lowest BCUT2D eigenvalue weighted by atomic mass is 10.3. The van der Waals surface area contributed by atoms with Crippen LogP contribution in [0.25, 0.3) is 0 Å². The predicted molar refractivity (Wildman–Crippen MR) is 69.9 cm³/mol. The Kier molecular flexibility index (Phi) is 6.59. The van der Waals surface area contributed by atoms with Gasteiger partial charge in [0, 0.05) is 24.6 Å². The molecule has 0 aromatic carbocycles. The van der Waals surface area contributed by atoms with E-state index in [-0.39, 0.29) is 6.03 Å². The van der Waals surface area contributed by atoms with Crippen molar-refractivity contribution in [2.45, 2.75) is 6.04 Å². The average Bonchev–Trinajstić information content (AvgIpc) is 2.38. The van der Waals surface area contributed by atoms with E-state index in [0.29, 0.717) is 32.1 Å². The first-order valence-electron chi connectivity index (χ1n) is 5.70. The van der Waals surface area contributed by atoms with E-state index in [1.54, 1.807) is 17.8 Å². The molecule has 102 valence electrons. The maximum atomic E-state index is 11.8. The molecular weight excluding hydrogens is 256 g/mol.